The van der Waals surface area contributed by atoms with E-state index in [1.165, 1.54) is 0 Å². The summed E-state index contributed by atoms with van der Waals surface area (Å²) in [4.78, 5) is 30.7. The summed E-state index contributed by atoms with van der Waals surface area (Å²) < 4.78 is 18.7. The number of hydrogen-bond donors (Lipinski definition) is 0. The number of nitrogens with zero attached hydrogens (tertiary/aromatic N) is 3. The number of ether oxygens (including phenoxy) is 2. The van der Waals surface area contributed by atoms with Gasteiger partial charge >= 0.3 is 11.6 Å². The van der Waals surface area contributed by atoms with Gasteiger partial charge in [0.1, 0.15) is 18.1 Å². The number of carbonyl (C=O) groups is 1. The average molecular weight is 425 g/mol. The van der Waals surface area contributed by atoms with Crippen LogP contribution >= 0.6 is 0 Å². The Morgan fingerprint density at radius 1 is 1.29 bits per heavy atom. The number of aryl methyl sites for hydroxylation is 2. The van der Waals surface area contributed by atoms with Gasteiger partial charge in [0.2, 0.25) is 0 Å². The molecule has 164 valence electrons. The number of esters is 1. The van der Waals surface area contributed by atoms with E-state index in [9.17, 15) is 9.59 Å². The molecule has 0 radical (unpaired) electrons. The molecule has 1 aromatic carbocycles. The van der Waals surface area contributed by atoms with Crippen molar-refractivity contribution in [3.8, 4) is 5.75 Å². The van der Waals surface area contributed by atoms with Gasteiger partial charge in [-0.05, 0) is 44.4 Å². The molecule has 1 aliphatic heterocycles. The summed E-state index contributed by atoms with van der Waals surface area (Å²) in [5, 5.41) is 0.876. The summed E-state index contributed by atoms with van der Waals surface area (Å²) >= 11 is 0. The molecule has 0 aliphatic carbocycles. The Hall–Kier alpha value is -3.13. The second-order valence-corrected chi connectivity index (χ2v) is 7.70. The molecular weight excluding hydrogens is 398 g/mol. The van der Waals surface area contributed by atoms with Crippen molar-refractivity contribution in [2.24, 2.45) is 0 Å². The van der Waals surface area contributed by atoms with Gasteiger partial charge in [-0.2, -0.15) is 0 Å². The van der Waals surface area contributed by atoms with Crippen molar-refractivity contribution in [2.75, 3.05) is 19.9 Å². The summed E-state index contributed by atoms with van der Waals surface area (Å²) in [7, 11) is 0. The van der Waals surface area contributed by atoms with E-state index in [1.54, 1.807) is 13.1 Å². The lowest BCUT2D eigenvalue weighted by atomic mass is 9.99. The fourth-order valence-electron chi connectivity index (χ4n) is 4.00. The number of carbonyl (C=O) groups excluding carboxylic acids is 1. The monoisotopic (exact) mass is 425 g/mol. The van der Waals surface area contributed by atoms with Crippen LogP contribution in [0.3, 0.4) is 0 Å². The highest BCUT2D eigenvalue weighted by atomic mass is 16.5. The van der Waals surface area contributed by atoms with Gasteiger partial charge in [-0.15, -0.1) is 0 Å². The fourth-order valence-corrected chi connectivity index (χ4v) is 4.00. The molecule has 3 aromatic rings. The number of fused-ring (bicyclic) bond motifs is 3. The van der Waals surface area contributed by atoms with E-state index in [-0.39, 0.29) is 12.4 Å². The van der Waals surface area contributed by atoms with Crippen molar-refractivity contribution < 1.29 is 18.7 Å². The van der Waals surface area contributed by atoms with E-state index >= 15 is 0 Å². The molecular formula is C23H27N3O5. The highest BCUT2D eigenvalue weighted by Gasteiger charge is 2.23. The highest BCUT2D eigenvalue weighted by molar-refractivity contribution is 5.86. The molecule has 0 spiro atoms. The standard InChI is InChI=1S/C23H27N3O5/c1-3-29-21(27)8-6-18-16(2)17-5-7-20-19(22(17)31-23(18)28)13-26(15-30-20)11-4-10-25-12-9-24-14-25/h5,7,9,12,14H,3-4,6,8,10-11,13,15H2,1-2H3. The minimum absolute atomic E-state index is 0.156. The SMILES string of the molecule is CCOC(=O)CCc1c(C)c2ccc3c(c2oc1=O)CN(CCCn1ccnc1)CO3. The number of aromatic nitrogens is 2. The Labute approximate surface area is 180 Å². The van der Waals surface area contributed by atoms with E-state index < -0.39 is 5.63 Å². The summed E-state index contributed by atoms with van der Waals surface area (Å²) in [6.45, 7) is 6.89. The number of imidazole rings is 1. The lowest BCUT2D eigenvalue weighted by Crippen LogP contribution is -2.33. The van der Waals surface area contributed by atoms with Gasteiger partial charge in [0.15, 0.2) is 0 Å². The molecule has 0 amide bonds. The van der Waals surface area contributed by atoms with Gasteiger partial charge in [0, 0.05) is 49.4 Å². The maximum atomic E-state index is 12.7. The Kier molecular flexibility index (Phi) is 6.36. The molecule has 0 saturated heterocycles. The van der Waals surface area contributed by atoms with Crippen molar-refractivity contribution in [1.29, 1.82) is 0 Å². The van der Waals surface area contributed by atoms with Crippen LogP contribution in [0, 0.1) is 6.92 Å². The van der Waals surface area contributed by atoms with Crippen LogP contribution in [0.2, 0.25) is 0 Å². The first-order chi connectivity index (χ1) is 15.1. The van der Waals surface area contributed by atoms with Gasteiger partial charge in [-0.1, -0.05) is 0 Å². The van der Waals surface area contributed by atoms with Crippen LogP contribution in [-0.4, -0.2) is 40.3 Å². The van der Waals surface area contributed by atoms with Crippen LogP contribution in [0.1, 0.15) is 36.5 Å². The molecule has 2 aromatic heterocycles. The van der Waals surface area contributed by atoms with E-state index in [2.05, 4.69) is 9.88 Å². The molecule has 0 atom stereocenters. The predicted molar refractivity (Wildman–Crippen MR) is 115 cm³/mol. The zero-order valence-corrected chi connectivity index (χ0v) is 17.9. The first-order valence-electron chi connectivity index (χ1n) is 10.6. The third kappa shape index (κ3) is 4.64. The van der Waals surface area contributed by atoms with Crippen molar-refractivity contribution in [3.63, 3.8) is 0 Å². The smallest absolute Gasteiger partial charge is 0.339 e. The van der Waals surface area contributed by atoms with Gasteiger partial charge in [0.25, 0.3) is 0 Å². The molecule has 8 nitrogen and oxygen atoms in total. The van der Waals surface area contributed by atoms with E-state index in [0.29, 0.717) is 37.4 Å². The molecule has 1 aliphatic rings. The Morgan fingerprint density at radius 2 is 2.16 bits per heavy atom. The molecule has 0 saturated carbocycles. The first-order valence-corrected chi connectivity index (χ1v) is 10.6. The highest BCUT2D eigenvalue weighted by Crippen LogP contribution is 2.33. The Morgan fingerprint density at radius 3 is 2.94 bits per heavy atom. The minimum atomic E-state index is -0.403. The predicted octanol–water partition coefficient (Wildman–Crippen LogP) is 3.04. The zero-order valence-electron chi connectivity index (χ0n) is 17.9. The molecule has 0 unspecified atom stereocenters. The van der Waals surface area contributed by atoms with Crippen molar-refractivity contribution in [2.45, 2.75) is 46.2 Å². The lowest BCUT2D eigenvalue weighted by molar-refractivity contribution is -0.143. The lowest BCUT2D eigenvalue weighted by Gasteiger charge is -2.29. The van der Waals surface area contributed by atoms with Gasteiger partial charge < -0.3 is 18.5 Å². The molecule has 3 heterocycles. The van der Waals surface area contributed by atoms with Gasteiger partial charge in [0.05, 0.1) is 18.5 Å². The number of hydrogen-bond acceptors (Lipinski definition) is 7. The topological polar surface area (TPSA) is 86.8 Å². The van der Waals surface area contributed by atoms with E-state index in [4.69, 9.17) is 13.9 Å². The van der Waals surface area contributed by atoms with Gasteiger partial charge in [-0.3, -0.25) is 9.69 Å². The van der Waals surface area contributed by atoms with Crippen molar-refractivity contribution >= 4 is 16.9 Å². The molecule has 31 heavy (non-hydrogen) atoms. The molecule has 0 N–H and O–H groups in total. The summed E-state index contributed by atoms with van der Waals surface area (Å²) in [5.74, 6) is 0.437. The molecule has 4 rings (SSSR count). The van der Waals surface area contributed by atoms with Crippen LogP contribution < -0.4 is 10.4 Å². The largest absolute Gasteiger partial charge is 0.478 e. The maximum Gasteiger partial charge on any atom is 0.339 e. The summed E-state index contributed by atoms with van der Waals surface area (Å²) in [6, 6.07) is 3.86. The van der Waals surface area contributed by atoms with Crippen LogP contribution in [0.25, 0.3) is 11.0 Å². The van der Waals surface area contributed by atoms with E-state index in [1.807, 2.05) is 36.1 Å². The average Bonchev–Trinajstić information content (AvgIpc) is 3.27. The Balaban J connectivity index is 1.53. The third-order valence-electron chi connectivity index (χ3n) is 5.63. The first kappa shape index (κ1) is 21.1. The van der Waals surface area contributed by atoms with Crippen molar-refractivity contribution in [1.82, 2.24) is 14.5 Å². The van der Waals surface area contributed by atoms with E-state index in [0.717, 1.165) is 41.8 Å². The number of benzene rings is 1. The fraction of sp³-hybridized carbons (Fsp3) is 0.435. The maximum absolute atomic E-state index is 12.7. The van der Waals surface area contributed by atoms with Crippen LogP contribution in [0.5, 0.6) is 5.75 Å². The summed E-state index contributed by atoms with van der Waals surface area (Å²) in [6.07, 6.45) is 6.96. The second kappa shape index (κ2) is 9.34. The van der Waals surface area contributed by atoms with Gasteiger partial charge in [-0.25, -0.2) is 9.78 Å². The van der Waals surface area contributed by atoms with Crippen LogP contribution in [0.4, 0.5) is 0 Å². The Bertz CT molecular complexity index is 1120. The third-order valence-corrected chi connectivity index (χ3v) is 5.63. The quantitative estimate of drug-likeness (QED) is 0.405. The normalized spacial score (nSPS) is 13.7. The second-order valence-electron chi connectivity index (χ2n) is 7.70. The van der Waals surface area contributed by atoms with Crippen LogP contribution in [-0.2, 0) is 29.0 Å². The molecule has 0 fully saturated rings. The minimum Gasteiger partial charge on any atom is -0.478 e. The zero-order chi connectivity index (χ0) is 21.8. The molecule has 0 bridgehead atoms. The number of rotatable bonds is 8. The van der Waals surface area contributed by atoms with Crippen LogP contribution in [0.15, 0.2) is 40.1 Å². The van der Waals surface area contributed by atoms with Crippen molar-refractivity contribution in [3.05, 3.63) is 58.0 Å². The molecule has 8 heteroatoms. The summed E-state index contributed by atoms with van der Waals surface area (Å²) in [5.41, 5.74) is 2.42.